The minimum Gasteiger partial charge on any atom is -0.493 e. The Bertz CT molecular complexity index is 712. The van der Waals surface area contributed by atoms with Crippen molar-refractivity contribution in [1.29, 1.82) is 0 Å². The molecule has 0 spiro atoms. The molecule has 0 saturated heterocycles. The summed E-state index contributed by atoms with van der Waals surface area (Å²) < 4.78 is 11.2. The van der Waals surface area contributed by atoms with E-state index in [0.29, 0.717) is 24.7 Å². The highest BCUT2D eigenvalue weighted by atomic mass is 16.5. The summed E-state index contributed by atoms with van der Waals surface area (Å²) in [5.41, 5.74) is 7.26. The van der Waals surface area contributed by atoms with Crippen molar-refractivity contribution < 1.29 is 14.3 Å². The maximum Gasteiger partial charge on any atom is 0.240 e. The number of hydrogen-bond acceptors (Lipinski definition) is 4. The van der Waals surface area contributed by atoms with Crippen LogP contribution in [0.3, 0.4) is 0 Å². The normalized spacial score (nSPS) is 14.8. The maximum atomic E-state index is 11.9. The van der Waals surface area contributed by atoms with Gasteiger partial charge in [-0.05, 0) is 36.1 Å². The summed E-state index contributed by atoms with van der Waals surface area (Å²) in [5.74, 6) is 1.23. The summed E-state index contributed by atoms with van der Waals surface area (Å²) >= 11 is 0. The molecule has 24 heavy (non-hydrogen) atoms. The Hall–Kier alpha value is -2.53. The summed E-state index contributed by atoms with van der Waals surface area (Å²) in [6.45, 7) is 0.899. The van der Waals surface area contributed by atoms with E-state index in [4.69, 9.17) is 15.2 Å². The maximum absolute atomic E-state index is 11.9. The van der Waals surface area contributed by atoms with Gasteiger partial charge >= 0.3 is 0 Å². The molecular formula is C19H22N2O3. The highest BCUT2D eigenvalue weighted by molar-refractivity contribution is 5.88. The van der Waals surface area contributed by atoms with Crippen LogP contribution < -0.4 is 20.5 Å². The zero-order chi connectivity index (χ0) is 17.0. The number of nitrogens with one attached hydrogen (secondary N) is 1. The van der Waals surface area contributed by atoms with Gasteiger partial charge in [0.1, 0.15) is 6.61 Å². The summed E-state index contributed by atoms with van der Waals surface area (Å²) in [7, 11) is 1.60. The molecule has 0 aromatic heterocycles. The first-order chi connectivity index (χ1) is 11.6. The van der Waals surface area contributed by atoms with E-state index in [0.717, 1.165) is 24.0 Å². The summed E-state index contributed by atoms with van der Waals surface area (Å²) in [4.78, 5) is 11.9. The van der Waals surface area contributed by atoms with E-state index < -0.39 is 5.54 Å². The lowest BCUT2D eigenvalue weighted by atomic mass is 10.2. The van der Waals surface area contributed by atoms with E-state index in [-0.39, 0.29) is 5.91 Å². The number of carbonyl (C=O) groups is 1. The molecule has 1 fully saturated rings. The van der Waals surface area contributed by atoms with Gasteiger partial charge in [-0.1, -0.05) is 36.4 Å². The Morgan fingerprint density at radius 3 is 2.54 bits per heavy atom. The number of benzene rings is 2. The van der Waals surface area contributed by atoms with Crippen LogP contribution >= 0.6 is 0 Å². The standard InChI is InChI=1S/C19H22N2O3/c1-23-17-11-15(12-21-18(22)19(20)9-10-19)7-8-16(17)24-13-14-5-3-2-4-6-14/h2-8,11H,9-10,12-13,20H2,1H3,(H,21,22). The van der Waals surface area contributed by atoms with Gasteiger partial charge in [-0.15, -0.1) is 0 Å². The molecule has 1 aliphatic rings. The minimum atomic E-state index is -0.650. The highest BCUT2D eigenvalue weighted by Gasteiger charge is 2.45. The molecule has 0 unspecified atom stereocenters. The fraction of sp³-hybridized carbons (Fsp3) is 0.316. The first-order valence-electron chi connectivity index (χ1n) is 8.01. The predicted octanol–water partition coefficient (Wildman–Crippen LogP) is 2.38. The molecule has 126 valence electrons. The van der Waals surface area contributed by atoms with Gasteiger partial charge in [0, 0.05) is 6.54 Å². The van der Waals surface area contributed by atoms with E-state index in [1.807, 2.05) is 48.5 Å². The molecule has 2 aromatic carbocycles. The molecule has 3 N–H and O–H groups in total. The first-order valence-corrected chi connectivity index (χ1v) is 8.01. The molecule has 1 saturated carbocycles. The second-order valence-electron chi connectivity index (χ2n) is 6.10. The molecule has 0 heterocycles. The summed E-state index contributed by atoms with van der Waals surface area (Å²) in [6.07, 6.45) is 1.52. The van der Waals surface area contributed by atoms with Gasteiger partial charge in [0.15, 0.2) is 11.5 Å². The van der Waals surface area contributed by atoms with Crippen molar-refractivity contribution in [3.05, 3.63) is 59.7 Å². The fourth-order valence-electron chi connectivity index (χ4n) is 2.40. The third-order valence-corrected chi connectivity index (χ3v) is 4.16. The van der Waals surface area contributed by atoms with E-state index >= 15 is 0 Å². The SMILES string of the molecule is COc1cc(CNC(=O)C2(N)CC2)ccc1OCc1ccccc1. The average molecular weight is 326 g/mol. The van der Waals surface area contributed by atoms with Gasteiger partial charge in [0.05, 0.1) is 12.6 Å². The van der Waals surface area contributed by atoms with Crippen LogP contribution in [0.25, 0.3) is 0 Å². The molecule has 0 radical (unpaired) electrons. The lowest BCUT2D eigenvalue weighted by molar-refractivity contribution is -0.123. The third-order valence-electron chi connectivity index (χ3n) is 4.16. The van der Waals surface area contributed by atoms with Crippen molar-refractivity contribution in [3.63, 3.8) is 0 Å². The van der Waals surface area contributed by atoms with Crippen molar-refractivity contribution in [2.45, 2.75) is 31.5 Å². The number of methoxy groups -OCH3 is 1. The smallest absolute Gasteiger partial charge is 0.240 e. The molecule has 5 nitrogen and oxygen atoms in total. The molecule has 3 rings (SSSR count). The number of nitrogens with two attached hydrogens (primary N) is 1. The topological polar surface area (TPSA) is 73.6 Å². The van der Waals surface area contributed by atoms with Crippen LogP contribution in [0.1, 0.15) is 24.0 Å². The van der Waals surface area contributed by atoms with Gasteiger partial charge in [0.2, 0.25) is 5.91 Å². The number of amides is 1. The van der Waals surface area contributed by atoms with Crippen LogP contribution in [0.15, 0.2) is 48.5 Å². The van der Waals surface area contributed by atoms with E-state index in [1.54, 1.807) is 7.11 Å². The Labute approximate surface area is 141 Å². The second kappa shape index (κ2) is 6.93. The van der Waals surface area contributed by atoms with Crippen LogP contribution in [0.2, 0.25) is 0 Å². The minimum absolute atomic E-state index is 0.0918. The van der Waals surface area contributed by atoms with Crippen LogP contribution in [0.4, 0.5) is 0 Å². The number of ether oxygens (including phenoxy) is 2. The number of carbonyl (C=O) groups excluding carboxylic acids is 1. The van der Waals surface area contributed by atoms with Crippen LogP contribution in [-0.2, 0) is 17.9 Å². The molecule has 1 amide bonds. The Balaban J connectivity index is 1.61. The molecule has 0 aliphatic heterocycles. The van der Waals surface area contributed by atoms with E-state index in [1.165, 1.54) is 0 Å². The molecule has 1 aliphatic carbocycles. The van der Waals surface area contributed by atoms with Gasteiger partial charge in [-0.25, -0.2) is 0 Å². The van der Waals surface area contributed by atoms with Crippen molar-refractivity contribution in [1.82, 2.24) is 5.32 Å². The zero-order valence-corrected chi connectivity index (χ0v) is 13.7. The quantitative estimate of drug-likeness (QED) is 0.819. The van der Waals surface area contributed by atoms with E-state index in [9.17, 15) is 4.79 Å². The Morgan fingerprint density at radius 1 is 1.12 bits per heavy atom. The highest BCUT2D eigenvalue weighted by Crippen LogP contribution is 2.32. The van der Waals surface area contributed by atoms with Crippen LogP contribution in [-0.4, -0.2) is 18.6 Å². The van der Waals surface area contributed by atoms with Crippen molar-refractivity contribution in [2.24, 2.45) is 5.73 Å². The third kappa shape index (κ3) is 3.86. The average Bonchev–Trinajstić information content (AvgIpc) is 3.38. The second-order valence-corrected chi connectivity index (χ2v) is 6.10. The molecule has 2 aromatic rings. The van der Waals surface area contributed by atoms with Gasteiger partial charge in [0.25, 0.3) is 0 Å². The lowest BCUT2D eigenvalue weighted by Crippen LogP contribution is -2.42. The molecule has 0 atom stereocenters. The summed E-state index contributed by atoms with van der Waals surface area (Å²) in [5, 5.41) is 2.87. The van der Waals surface area contributed by atoms with Crippen LogP contribution in [0.5, 0.6) is 11.5 Å². The fourth-order valence-corrected chi connectivity index (χ4v) is 2.40. The van der Waals surface area contributed by atoms with Crippen molar-refractivity contribution in [3.8, 4) is 11.5 Å². The number of hydrogen-bond donors (Lipinski definition) is 2. The predicted molar refractivity (Wildman–Crippen MR) is 91.8 cm³/mol. The lowest BCUT2D eigenvalue weighted by Gasteiger charge is -2.14. The van der Waals surface area contributed by atoms with Crippen LogP contribution in [0, 0.1) is 0 Å². The Kier molecular flexibility index (Phi) is 4.71. The Morgan fingerprint density at radius 2 is 1.88 bits per heavy atom. The zero-order valence-electron chi connectivity index (χ0n) is 13.7. The monoisotopic (exact) mass is 326 g/mol. The number of rotatable bonds is 7. The van der Waals surface area contributed by atoms with Gasteiger partial charge in [-0.2, -0.15) is 0 Å². The first kappa shape index (κ1) is 16.3. The van der Waals surface area contributed by atoms with Gasteiger partial charge < -0.3 is 20.5 Å². The largest absolute Gasteiger partial charge is 0.493 e. The van der Waals surface area contributed by atoms with E-state index in [2.05, 4.69) is 5.32 Å². The molecule has 5 heteroatoms. The van der Waals surface area contributed by atoms with Gasteiger partial charge in [-0.3, -0.25) is 4.79 Å². The summed E-state index contributed by atoms with van der Waals surface area (Å²) in [6, 6.07) is 15.6. The molecule has 0 bridgehead atoms. The van der Waals surface area contributed by atoms with Crippen molar-refractivity contribution >= 4 is 5.91 Å². The van der Waals surface area contributed by atoms with Crippen molar-refractivity contribution in [2.75, 3.05) is 7.11 Å². The molecular weight excluding hydrogens is 304 g/mol.